The number of amides is 6. The van der Waals surface area contributed by atoms with Crippen molar-refractivity contribution < 1.29 is 37.9 Å². The van der Waals surface area contributed by atoms with Crippen LogP contribution in [0.1, 0.15) is 42.1 Å². The number of carbonyl (C=O) groups is 6. The molecule has 5 rings (SSSR count). The Kier molecular flexibility index (Phi) is 11.9. The Morgan fingerprint density at radius 2 is 1.69 bits per heavy atom. The van der Waals surface area contributed by atoms with E-state index in [9.17, 15) is 33.2 Å². The number of fused-ring (bicyclic) bond motifs is 3. The molecule has 13 nitrogen and oxygen atoms in total. The van der Waals surface area contributed by atoms with Gasteiger partial charge in [0, 0.05) is 53.1 Å². The van der Waals surface area contributed by atoms with Crippen molar-refractivity contribution in [1.82, 2.24) is 30.7 Å². The van der Waals surface area contributed by atoms with Gasteiger partial charge in [-0.25, -0.2) is 4.39 Å². The number of benzene rings is 3. The highest BCUT2D eigenvalue weighted by Crippen LogP contribution is 2.27. The molecule has 270 valence electrons. The van der Waals surface area contributed by atoms with Gasteiger partial charge in [0.05, 0.1) is 24.6 Å². The van der Waals surface area contributed by atoms with Crippen LogP contribution >= 0.6 is 0 Å². The Bertz CT molecular complexity index is 1810. The highest BCUT2D eigenvalue weighted by molar-refractivity contribution is 6.00. The van der Waals surface area contributed by atoms with Gasteiger partial charge in [-0.1, -0.05) is 42.5 Å². The van der Waals surface area contributed by atoms with Gasteiger partial charge in [0.25, 0.3) is 5.91 Å². The maximum atomic E-state index is 14.5. The molecule has 2 heterocycles. The van der Waals surface area contributed by atoms with Gasteiger partial charge in [-0.15, -0.1) is 0 Å². The van der Waals surface area contributed by atoms with E-state index in [4.69, 9.17) is 4.74 Å². The third-order valence-corrected chi connectivity index (χ3v) is 9.25. The molecule has 3 N–H and O–H groups in total. The number of carbonyl (C=O) groups excluding carboxylic acids is 6. The molecule has 51 heavy (non-hydrogen) atoms. The Morgan fingerprint density at radius 1 is 0.941 bits per heavy atom. The van der Waals surface area contributed by atoms with Gasteiger partial charge in [0.15, 0.2) is 0 Å². The highest BCUT2D eigenvalue weighted by Gasteiger charge is 2.38. The number of nitrogens with one attached hydrogen (secondary N) is 3. The first-order chi connectivity index (χ1) is 24.4. The first-order valence-electron chi connectivity index (χ1n) is 16.9. The minimum absolute atomic E-state index is 0.0528. The van der Waals surface area contributed by atoms with Crippen LogP contribution in [-0.4, -0.2) is 115 Å². The van der Waals surface area contributed by atoms with Crippen molar-refractivity contribution in [2.75, 3.05) is 46.9 Å². The summed E-state index contributed by atoms with van der Waals surface area (Å²) >= 11 is 0. The number of nitrogens with zero attached hydrogens (tertiary/aromatic N) is 3. The van der Waals surface area contributed by atoms with Crippen molar-refractivity contribution >= 4 is 46.2 Å². The Hall–Kier alpha value is -5.53. The average Bonchev–Trinajstić information content (AvgIpc) is 3.51. The third-order valence-electron chi connectivity index (χ3n) is 9.25. The number of halogens is 1. The first-order valence-corrected chi connectivity index (χ1v) is 16.9. The molecule has 0 aliphatic carbocycles. The van der Waals surface area contributed by atoms with Gasteiger partial charge >= 0.3 is 0 Å². The van der Waals surface area contributed by atoms with Gasteiger partial charge in [0.2, 0.25) is 29.5 Å². The summed E-state index contributed by atoms with van der Waals surface area (Å²) in [5.41, 5.74) is 0.740. The van der Waals surface area contributed by atoms with Gasteiger partial charge < -0.3 is 35.4 Å². The van der Waals surface area contributed by atoms with Crippen LogP contribution in [0.5, 0.6) is 5.75 Å². The van der Waals surface area contributed by atoms with Crippen LogP contribution in [-0.2, 0) is 30.4 Å². The zero-order valence-corrected chi connectivity index (χ0v) is 28.9. The van der Waals surface area contributed by atoms with Crippen LogP contribution in [0.4, 0.5) is 4.39 Å². The fraction of sp³-hybridized carbons (Fsp3) is 0.405. The second-order valence-corrected chi connectivity index (χ2v) is 13.0. The fourth-order valence-electron chi connectivity index (χ4n) is 6.57. The maximum absolute atomic E-state index is 14.5. The Balaban J connectivity index is 1.35. The number of rotatable bonds is 7. The van der Waals surface area contributed by atoms with Crippen molar-refractivity contribution in [2.45, 2.75) is 50.7 Å². The Morgan fingerprint density at radius 3 is 2.47 bits per heavy atom. The molecule has 6 amide bonds. The van der Waals surface area contributed by atoms with Crippen LogP contribution in [0.2, 0.25) is 0 Å². The first kappa shape index (κ1) is 36.7. The summed E-state index contributed by atoms with van der Waals surface area (Å²) in [7, 11) is 2.87. The van der Waals surface area contributed by atoms with E-state index in [2.05, 4.69) is 16.0 Å². The van der Waals surface area contributed by atoms with E-state index < -0.39 is 41.7 Å². The molecule has 0 unspecified atom stereocenters. The van der Waals surface area contributed by atoms with Crippen molar-refractivity contribution in [2.24, 2.45) is 0 Å². The van der Waals surface area contributed by atoms with Crippen LogP contribution in [0.3, 0.4) is 0 Å². The Labute approximate surface area is 295 Å². The number of hydrogen-bond donors (Lipinski definition) is 3. The van der Waals surface area contributed by atoms with Crippen molar-refractivity contribution in [3.05, 3.63) is 77.6 Å². The molecule has 3 atom stereocenters. The van der Waals surface area contributed by atoms with Crippen LogP contribution in [0.15, 0.2) is 60.7 Å². The second-order valence-electron chi connectivity index (χ2n) is 13.0. The summed E-state index contributed by atoms with van der Waals surface area (Å²) in [5.74, 6) is -3.19. The van der Waals surface area contributed by atoms with E-state index in [1.807, 2.05) is 42.5 Å². The summed E-state index contributed by atoms with van der Waals surface area (Å²) in [6.45, 7) is 1.42. The standard InChI is InChI=1S/C37H43FN6O7/c1-23(45)39-15-16-40-36(49)31-12-14-34(47)42(2)21-35(48)44-20-27(41-33(46)17-25-9-6-8-24-7-4-5-10-29(24)25)19-28(44)22-51-32-13-11-26(38)18-30(32)37(50)43(31)3/h4-11,13,18,27-28,31H,12,14-17,19-22H2,1-3H3,(H,39,45)(H,40,49)(H,41,46)/t27-,28-,31-/m0/s1. The van der Waals surface area contributed by atoms with Gasteiger partial charge in [-0.05, 0) is 47.4 Å². The van der Waals surface area contributed by atoms with Crippen LogP contribution in [0, 0.1) is 5.82 Å². The zero-order chi connectivity index (χ0) is 36.7. The quantitative estimate of drug-likeness (QED) is 0.316. The summed E-state index contributed by atoms with van der Waals surface area (Å²) in [5, 5.41) is 10.3. The number of ether oxygens (including phenoxy) is 1. The molecule has 2 aliphatic heterocycles. The molecule has 0 radical (unpaired) electrons. The normalized spacial score (nSPS) is 20.1. The number of likely N-dealkylation sites (N-methyl/N-ethyl adjacent to an activating group) is 2. The average molecular weight is 703 g/mol. The van der Waals surface area contributed by atoms with Gasteiger partial charge in [-0.2, -0.15) is 0 Å². The van der Waals surface area contributed by atoms with Crippen molar-refractivity contribution in [3.8, 4) is 5.75 Å². The fourth-order valence-corrected chi connectivity index (χ4v) is 6.57. The molecule has 1 fully saturated rings. The topological polar surface area (TPSA) is 157 Å². The lowest BCUT2D eigenvalue weighted by Gasteiger charge is -2.28. The van der Waals surface area contributed by atoms with Crippen molar-refractivity contribution in [3.63, 3.8) is 0 Å². The molecular weight excluding hydrogens is 659 g/mol. The van der Waals surface area contributed by atoms with E-state index in [0.717, 1.165) is 33.4 Å². The lowest BCUT2D eigenvalue weighted by molar-refractivity contribution is -0.140. The smallest absolute Gasteiger partial charge is 0.258 e. The van der Waals surface area contributed by atoms with Crippen molar-refractivity contribution in [1.29, 1.82) is 0 Å². The zero-order valence-electron chi connectivity index (χ0n) is 28.9. The molecular formula is C37H43FN6O7. The molecule has 0 saturated carbocycles. The van der Waals surface area contributed by atoms with Crippen LogP contribution < -0.4 is 20.7 Å². The predicted molar refractivity (Wildman–Crippen MR) is 186 cm³/mol. The molecule has 3 aromatic rings. The molecule has 0 aromatic heterocycles. The monoisotopic (exact) mass is 702 g/mol. The molecule has 3 aromatic carbocycles. The summed E-state index contributed by atoms with van der Waals surface area (Å²) in [6, 6.07) is 15.0. The van der Waals surface area contributed by atoms with E-state index in [0.29, 0.717) is 6.42 Å². The lowest BCUT2D eigenvalue weighted by atomic mass is 10.0. The summed E-state index contributed by atoms with van der Waals surface area (Å²) < 4.78 is 20.6. The van der Waals surface area contributed by atoms with E-state index >= 15 is 0 Å². The van der Waals surface area contributed by atoms with Gasteiger partial charge in [-0.3, -0.25) is 28.8 Å². The van der Waals surface area contributed by atoms with Gasteiger partial charge in [0.1, 0.15) is 24.2 Å². The predicted octanol–water partition coefficient (Wildman–Crippen LogP) is 1.63. The SMILES string of the molecule is CC(=O)NCCNC(=O)[C@@H]1CCC(=O)N(C)CC(=O)N2C[C@@H](NC(=O)Cc3cccc4ccccc34)C[C@H]2COc2ccc(F)cc2C(=O)N1C. The second kappa shape index (κ2) is 16.5. The minimum Gasteiger partial charge on any atom is -0.491 e. The maximum Gasteiger partial charge on any atom is 0.258 e. The van der Waals surface area contributed by atoms with E-state index in [1.165, 1.54) is 32.0 Å². The van der Waals surface area contributed by atoms with Crippen LogP contribution in [0.25, 0.3) is 10.8 Å². The summed E-state index contributed by atoms with van der Waals surface area (Å²) in [6.07, 6.45) is 0.227. The molecule has 2 aliphatic rings. The number of hydrogen-bond acceptors (Lipinski definition) is 7. The molecule has 0 spiro atoms. The molecule has 0 bridgehead atoms. The highest BCUT2D eigenvalue weighted by atomic mass is 19.1. The van der Waals surface area contributed by atoms with E-state index in [1.54, 1.807) is 4.90 Å². The van der Waals surface area contributed by atoms with E-state index in [-0.39, 0.29) is 81.1 Å². The minimum atomic E-state index is -1.13. The molecule has 14 heteroatoms. The summed E-state index contributed by atoms with van der Waals surface area (Å²) in [4.78, 5) is 82.5. The molecule has 1 saturated heterocycles. The lowest BCUT2D eigenvalue weighted by Crippen LogP contribution is -2.49. The third kappa shape index (κ3) is 9.18. The largest absolute Gasteiger partial charge is 0.491 e.